The molecule has 5 nitrogen and oxygen atoms in total. The molecular formula is C23H23FN4OS2. The van der Waals surface area contributed by atoms with Crippen LogP contribution >= 0.6 is 23.1 Å². The molecule has 31 heavy (non-hydrogen) atoms. The Bertz CT molecular complexity index is 1160. The van der Waals surface area contributed by atoms with Crippen molar-refractivity contribution in [2.24, 2.45) is 0 Å². The lowest BCUT2D eigenvalue weighted by molar-refractivity contribution is 0.102. The van der Waals surface area contributed by atoms with E-state index in [1.807, 2.05) is 30.5 Å². The molecule has 1 aromatic carbocycles. The molecule has 3 aromatic heterocycles. The number of Topliss-reactive ketones (excluding diaryl/α,β-unsaturated/α-hetero) is 1. The van der Waals surface area contributed by atoms with Crippen molar-refractivity contribution >= 4 is 28.9 Å². The van der Waals surface area contributed by atoms with Crippen LogP contribution in [0.3, 0.4) is 0 Å². The van der Waals surface area contributed by atoms with E-state index < -0.39 is 0 Å². The summed E-state index contributed by atoms with van der Waals surface area (Å²) < 4.78 is 17.3. The molecule has 0 fully saturated rings. The highest BCUT2D eigenvalue weighted by Gasteiger charge is 2.17. The standard InChI is InChI=1S/C23H23FN4OS2/c1-16-12-21(17(2)28(16)13-18-5-7-19(24)8-6-18)22(29)14-31-23-26-25-15-27(23)10-9-20-4-3-11-30-20/h3-8,11-12,15H,9-10,13-14H2,1-2H3. The van der Waals surface area contributed by atoms with Crippen molar-refractivity contribution in [2.75, 3.05) is 5.75 Å². The van der Waals surface area contributed by atoms with E-state index in [0.717, 1.165) is 40.6 Å². The lowest BCUT2D eigenvalue weighted by Gasteiger charge is -2.10. The fourth-order valence-electron chi connectivity index (χ4n) is 3.50. The summed E-state index contributed by atoms with van der Waals surface area (Å²) in [6.07, 6.45) is 2.64. The minimum absolute atomic E-state index is 0.0660. The van der Waals surface area contributed by atoms with E-state index in [0.29, 0.717) is 12.3 Å². The third-order valence-electron chi connectivity index (χ3n) is 5.22. The third kappa shape index (κ3) is 5.14. The number of hydrogen-bond acceptors (Lipinski definition) is 5. The summed E-state index contributed by atoms with van der Waals surface area (Å²) in [5.74, 6) is 0.121. The SMILES string of the molecule is Cc1cc(C(=O)CSc2nncn2CCc2cccs2)c(C)n1Cc1ccc(F)cc1. The number of rotatable bonds is 9. The van der Waals surface area contributed by atoms with Gasteiger partial charge >= 0.3 is 0 Å². The maximum atomic E-state index is 13.2. The molecule has 3 heterocycles. The minimum atomic E-state index is -0.249. The Morgan fingerprint density at radius 2 is 2.00 bits per heavy atom. The van der Waals surface area contributed by atoms with Crippen LogP contribution in [0.2, 0.25) is 0 Å². The molecule has 160 valence electrons. The summed E-state index contributed by atoms with van der Waals surface area (Å²) in [5, 5.41) is 11.0. The van der Waals surface area contributed by atoms with Crippen molar-refractivity contribution < 1.29 is 9.18 Å². The van der Waals surface area contributed by atoms with Gasteiger partial charge in [-0.25, -0.2) is 4.39 Å². The third-order valence-corrected chi connectivity index (χ3v) is 7.14. The monoisotopic (exact) mass is 454 g/mol. The molecule has 0 aliphatic rings. The number of nitrogens with zero attached hydrogens (tertiary/aromatic N) is 4. The van der Waals surface area contributed by atoms with Crippen molar-refractivity contribution in [1.82, 2.24) is 19.3 Å². The molecule has 0 unspecified atom stereocenters. The number of benzene rings is 1. The van der Waals surface area contributed by atoms with E-state index in [2.05, 4.69) is 26.2 Å². The van der Waals surface area contributed by atoms with Crippen LogP contribution in [0.5, 0.6) is 0 Å². The zero-order valence-electron chi connectivity index (χ0n) is 17.4. The Morgan fingerprint density at radius 3 is 2.74 bits per heavy atom. The number of thioether (sulfide) groups is 1. The molecule has 0 aliphatic carbocycles. The minimum Gasteiger partial charge on any atom is -0.344 e. The summed E-state index contributed by atoms with van der Waals surface area (Å²) in [6.45, 7) is 5.34. The molecule has 0 saturated heterocycles. The van der Waals surface area contributed by atoms with Crippen LogP contribution in [-0.4, -0.2) is 30.9 Å². The predicted octanol–water partition coefficient (Wildman–Crippen LogP) is 5.16. The van der Waals surface area contributed by atoms with Crippen LogP contribution in [0.4, 0.5) is 4.39 Å². The van der Waals surface area contributed by atoms with E-state index in [-0.39, 0.29) is 11.6 Å². The van der Waals surface area contributed by atoms with Gasteiger partial charge in [-0.1, -0.05) is 30.0 Å². The van der Waals surface area contributed by atoms with Crippen LogP contribution in [0.1, 0.15) is 32.2 Å². The quantitative estimate of drug-likeness (QED) is 0.259. The fraction of sp³-hybridized carbons (Fsp3) is 0.261. The molecule has 4 aromatic rings. The van der Waals surface area contributed by atoms with Crippen molar-refractivity contribution in [3.8, 4) is 0 Å². The van der Waals surface area contributed by atoms with Gasteiger partial charge in [0.15, 0.2) is 10.9 Å². The molecule has 0 amide bonds. The molecule has 0 N–H and O–H groups in total. The predicted molar refractivity (Wildman–Crippen MR) is 123 cm³/mol. The molecule has 4 rings (SSSR count). The van der Waals surface area contributed by atoms with Gasteiger partial charge in [0.2, 0.25) is 0 Å². The normalized spacial score (nSPS) is 11.2. The summed E-state index contributed by atoms with van der Waals surface area (Å²) >= 11 is 3.15. The zero-order chi connectivity index (χ0) is 21.8. The lowest BCUT2D eigenvalue weighted by Crippen LogP contribution is -2.08. The van der Waals surface area contributed by atoms with E-state index in [1.54, 1.807) is 29.8 Å². The summed E-state index contributed by atoms with van der Waals surface area (Å²) in [6, 6.07) is 12.6. The van der Waals surface area contributed by atoms with E-state index in [9.17, 15) is 9.18 Å². The molecule has 0 radical (unpaired) electrons. The highest BCUT2D eigenvalue weighted by molar-refractivity contribution is 7.99. The average Bonchev–Trinajstić information content (AvgIpc) is 3.49. The molecular weight excluding hydrogens is 431 g/mol. The van der Waals surface area contributed by atoms with Gasteiger partial charge in [0, 0.05) is 34.9 Å². The molecule has 0 saturated carbocycles. The molecule has 0 atom stereocenters. The van der Waals surface area contributed by atoms with Crippen molar-refractivity contribution in [1.29, 1.82) is 0 Å². The van der Waals surface area contributed by atoms with Gasteiger partial charge in [-0.15, -0.1) is 21.5 Å². The molecule has 0 aliphatic heterocycles. The second-order valence-corrected chi connectivity index (χ2v) is 9.32. The topological polar surface area (TPSA) is 52.7 Å². The Morgan fingerprint density at radius 1 is 1.19 bits per heavy atom. The molecule has 0 spiro atoms. The van der Waals surface area contributed by atoms with Gasteiger partial charge in [-0.05, 0) is 55.5 Å². The highest BCUT2D eigenvalue weighted by atomic mass is 32.2. The van der Waals surface area contributed by atoms with Crippen LogP contribution in [0.15, 0.2) is 59.3 Å². The van der Waals surface area contributed by atoms with Gasteiger partial charge in [0.25, 0.3) is 0 Å². The fourth-order valence-corrected chi connectivity index (χ4v) is 5.02. The first-order chi connectivity index (χ1) is 15.0. The van der Waals surface area contributed by atoms with Gasteiger partial charge in [0.05, 0.1) is 5.75 Å². The Labute approximate surface area is 188 Å². The number of carbonyl (C=O) groups excluding carboxylic acids is 1. The second-order valence-electron chi connectivity index (χ2n) is 7.35. The molecule has 8 heteroatoms. The lowest BCUT2D eigenvalue weighted by atomic mass is 10.2. The summed E-state index contributed by atoms with van der Waals surface area (Å²) in [4.78, 5) is 14.3. The first-order valence-corrected chi connectivity index (χ1v) is 11.8. The Balaban J connectivity index is 1.40. The van der Waals surface area contributed by atoms with Gasteiger partial charge in [0.1, 0.15) is 12.1 Å². The van der Waals surface area contributed by atoms with Crippen LogP contribution in [-0.2, 0) is 19.5 Å². The van der Waals surface area contributed by atoms with Crippen molar-refractivity contribution in [3.63, 3.8) is 0 Å². The van der Waals surface area contributed by atoms with Gasteiger partial charge < -0.3 is 9.13 Å². The first-order valence-electron chi connectivity index (χ1n) is 9.98. The van der Waals surface area contributed by atoms with E-state index in [1.165, 1.54) is 28.8 Å². The number of aryl methyl sites for hydroxylation is 3. The highest BCUT2D eigenvalue weighted by Crippen LogP contribution is 2.22. The van der Waals surface area contributed by atoms with Crippen LogP contribution in [0, 0.1) is 19.7 Å². The smallest absolute Gasteiger partial charge is 0.191 e. The van der Waals surface area contributed by atoms with Crippen molar-refractivity contribution in [3.05, 3.63) is 87.4 Å². The number of halogens is 1. The molecule has 0 bridgehead atoms. The number of thiophene rings is 1. The van der Waals surface area contributed by atoms with Crippen molar-refractivity contribution in [2.45, 2.75) is 38.5 Å². The maximum Gasteiger partial charge on any atom is 0.191 e. The number of ketones is 1. The maximum absolute atomic E-state index is 13.2. The average molecular weight is 455 g/mol. The van der Waals surface area contributed by atoms with Crippen LogP contribution < -0.4 is 0 Å². The zero-order valence-corrected chi connectivity index (χ0v) is 19.0. The van der Waals surface area contributed by atoms with E-state index >= 15 is 0 Å². The Kier molecular flexibility index (Phi) is 6.67. The van der Waals surface area contributed by atoms with Gasteiger partial charge in [-0.3, -0.25) is 4.79 Å². The largest absolute Gasteiger partial charge is 0.344 e. The number of hydrogen-bond donors (Lipinski definition) is 0. The van der Waals surface area contributed by atoms with Crippen LogP contribution in [0.25, 0.3) is 0 Å². The van der Waals surface area contributed by atoms with Gasteiger partial charge in [-0.2, -0.15) is 0 Å². The first kappa shape index (κ1) is 21.5. The summed E-state index contributed by atoms with van der Waals surface area (Å²) in [7, 11) is 0. The van der Waals surface area contributed by atoms with E-state index in [4.69, 9.17) is 0 Å². The second kappa shape index (κ2) is 9.62. The Hall–Kier alpha value is -2.71. The number of aromatic nitrogens is 4. The summed E-state index contributed by atoms with van der Waals surface area (Å²) in [5.41, 5.74) is 3.65. The number of carbonyl (C=O) groups is 1.